The van der Waals surface area contributed by atoms with E-state index in [4.69, 9.17) is 4.74 Å². The number of hydrogen-bond acceptors (Lipinski definition) is 4. The zero-order valence-electron chi connectivity index (χ0n) is 14.8. The third-order valence-corrected chi connectivity index (χ3v) is 3.97. The van der Waals surface area contributed by atoms with Crippen LogP contribution in [0.1, 0.15) is 23.9 Å². The topological polar surface area (TPSA) is 81.9 Å². The number of halogens is 1. The van der Waals surface area contributed by atoms with E-state index in [2.05, 4.69) is 22.6 Å². The molecular weight excluding hydrogens is 345 g/mol. The summed E-state index contributed by atoms with van der Waals surface area (Å²) in [4.78, 5) is 7.31. The van der Waals surface area contributed by atoms with Crippen LogP contribution in [0.15, 0.2) is 43.0 Å². The molecule has 0 aliphatic carbocycles. The maximum Gasteiger partial charge on any atom is 0.161 e. The Morgan fingerprint density at radius 1 is 1.41 bits per heavy atom. The van der Waals surface area contributed by atoms with Crippen LogP contribution in [0.25, 0.3) is 22.7 Å². The number of allylic oxidation sites excluding steroid dienone is 2. The highest BCUT2D eigenvalue weighted by Gasteiger charge is 2.12. The number of nitrogens with one attached hydrogen (secondary N) is 1. The highest BCUT2D eigenvalue weighted by atomic mass is 19.1. The average Bonchev–Trinajstić information content (AvgIpc) is 3.06. The predicted molar refractivity (Wildman–Crippen MR) is 103 cm³/mol. The second kappa shape index (κ2) is 7.75. The van der Waals surface area contributed by atoms with Crippen molar-refractivity contribution in [1.82, 2.24) is 9.97 Å². The van der Waals surface area contributed by atoms with Crippen molar-refractivity contribution >= 4 is 22.7 Å². The van der Waals surface area contributed by atoms with E-state index in [-0.39, 0.29) is 17.1 Å². The summed E-state index contributed by atoms with van der Waals surface area (Å²) < 4.78 is 18.9. The molecule has 0 atom stereocenters. The molecule has 1 aromatic heterocycles. The highest BCUT2D eigenvalue weighted by molar-refractivity contribution is 5.90. The van der Waals surface area contributed by atoms with E-state index < -0.39 is 0 Å². The Morgan fingerprint density at radius 2 is 2.22 bits per heavy atom. The molecule has 2 aromatic carbocycles. The van der Waals surface area contributed by atoms with Gasteiger partial charge in [0.25, 0.3) is 0 Å². The Kier molecular flexibility index (Phi) is 5.23. The van der Waals surface area contributed by atoms with Gasteiger partial charge in [0.2, 0.25) is 0 Å². The number of aromatic nitrogens is 2. The van der Waals surface area contributed by atoms with Crippen LogP contribution in [-0.4, -0.2) is 21.7 Å². The second-order valence-corrected chi connectivity index (χ2v) is 5.87. The largest absolute Gasteiger partial charge is 0.504 e. The van der Waals surface area contributed by atoms with Gasteiger partial charge in [0, 0.05) is 5.56 Å². The van der Waals surface area contributed by atoms with Crippen LogP contribution < -0.4 is 4.74 Å². The van der Waals surface area contributed by atoms with Crippen molar-refractivity contribution in [2.45, 2.75) is 13.3 Å². The zero-order valence-corrected chi connectivity index (χ0v) is 14.8. The van der Waals surface area contributed by atoms with Gasteiger partial charge in [-0.05, 0) is 55.3 Å². The van der Waals surface area contributed by atoms with Gasteiger partial charge in [-0.3, -0.25) is 0 Å². The van der Waals surface area contributed by atoms with Crippen LogP contribution in [-0.2, 0) is 6.42 Å². The number of fused-ring (bicyclic) bond motifs is 1. The lowest BCUT2D eigenvalue weighted by atomic mass is 10.0. The number of imidazole rings is 1. The number of nitrogens with zero attached hydrogens (tertiary/aromatic N) is 2. The first-order valence-corrected chi connectivity index (χ1v) is 8.42. The average molecular weight is 363 g/mol. The smallest absolute Gasteiger partial charge is 0.161 e. The normalized spacial score (nSPS) is 11.4. The molecule has 5 nitrogen and oxygen atoms in total. The van der Waals surface area contributed by atoms with Crippen LogP contribution in [0, 0.1) is 17.1 Å². The molecule has 0 aliphatic heterocycles. The molecule has 0 radical (unpaired) electrons. The van der Waals surface area contributed by atoms with E-state index in [1.165, 1.54) is 12.1 Å². The van der Waals surface area contributed by atoms with Gasteiger partial charge in [0.05, 0.1) is 23.2 Å². The molecule has 0 bridgehead atoms. The standard InChI is InChI=1S/C21H18FN3O2/c1-3-5-14-8-13(10-19(20(14)26)27-4-2)9-15(12-23)21-24-17-7-6-16(22)11-18(17)25-21/h3,6-11,26H,1,4-5H2,2H3,(H,24,25)/b15-9-. The van der Waals surface area contributed by atoms with Crippen LogP contribution in [0.5, 0.6) is 11.5 Å². The van der Waals surface area contributed by atoms with Crippen molar-refractivity contribution < 1.29 is 14.2 Å². The first kappa shape index (κ1) is 18.2. The minimum atomic E-state index is -0.380. The zero-order chi connectivity index (χ0) is 19.4. The van der Waals surface area contributed by atoms with Crippen molar-refractivity contribution in [3.05, 3.63) is 65.8 Å². The van der Waals surface area contributed by atoms with E-state index in [1.54, 1.807) is 30.4 Å². The lowest BCUT2D eigenvalue weighted by Gasteiger charge is -2.11. The fourth-order valence-corrected chi connectivity index (χ4v) is 2.78. The Hall–Kier alpha value is -3.59. The minimum Gasteiger partial charge on any atom is -0.504 e. The van der Waals surface area contributed by atoms with E-state index in [0.29, 0.717) is 46.8 Å². The Labute approximate surface area is 156 Å². The van der Waals surface area contributed by atoms with E-state index in [0.717, 1.165) is 0 Å². The molecule has 0 saturated carbocycles. The Morgan fingerprint density at radius 3 is 2.93 bits per heavy atom. The summed E-state index contributed by atoms with van der Waals surface area (Å²) in [5, 5.41) is 19.9. The molecule has 0 amide bonds. The molecule has 0 spiro atoms. The number of H-pyrrole nitrogens is 1. The van der Waals surface area contributed by atoms with Gasteiger partial charge in [-0.15, -0.1) is 6.58 Å². The van der Waals surface area contributed by atoms with E-state index in [9.17, 15) is 14.8 Å². The van der Waals surface area contributed by atoms with Crippen LogP contribution >= 0.6 is 0 Å². The Bertz CT molecular complexity index is 1080. The van der Waals surface area contributed by atoms with Crippen molar-refractivity contribution in [2.75, 3.05) is 6.61 Å². The number of phenols is 1. The third-order valence-electron chi connectivity index (χ3n) is 3.97. The molecular formula is C21H18FN3O2. The van der Waals surface area contributed by atoms with Crippen molar-refractivity contribution in [3.63, 3.8) is 0 Å². The quantitative estimate of drug-likeness (QED) is 0.495. The lowest BCUT2D eigenvalue weighted by Crippen LogP contribution is -1.95. The van der Waals surface area contributed by atoms with Gasteiger partial charge >= 0.3 is 0 Å². The monoisotopic (exact) mass is 363 g/mol. The molecule has 0 saturated heterocycles. The van der Waals surface area contributed by atoms with Gasteiger partial charge in [-0.2, -0.15) is 5.26 Å². The highest BCUT2D eigenvalue weighted by Crippen LogP contribution is 2.33. The number of ether oxygens (including phenoxy) is 1. The first-order valence-electron chi connectivity index (χ1n) is 8.42. The van der Waals surface area contributed by atoms with Gasteiger partial charge in [0.15, 0.2) is 11.5 Å². The fraction of sp³-hybridized carbons (Fsp3) is 0.143. The maximum absolute atomic E-state index is 13.4. The lowest BCUT2D eigenvalue weighted by molar-refractivity contribution is 0.317. The van der Waals surface area contributed by atoms with Crippen molar-refractivity contribution in [1.29, 1.82) is 5.26 Å². The maximum atomic E-state index is 13.4. The summed E-state index contributed by atoms with van der Waals surface area (Å²) in [7, 11) is 0. The van der Waals surface area contributed by atoms with Crippen LogP contribution in [0.3, 0.4) is 0 Å². The predicted octanol–water partition coefficient (Wildman–Crippen LogP) is 4.60. The number of rotatable bonds is 6. The summed E-state index contributed by atoms with van der Waals surface area (Å²) in [6, 6.07) is 9.73. The second-order valence-electron chi connectivity index (χ2n) is 5.87. The molecule has 3 aromatic rings. The van der Waals surface area contributed by atoms with E-state index in [1.807, 2.05) is 6.92 Å². The van der Waals surface area contributed by atoms with Crippen LogP contribution in [0.4, 0.5) is 4.39 Å². The summed E-state index contributed by atoms with van der Waals surface area (Å²) in [5.41, 5.74) is 2.69. The van der Waals surface area contributed by atoms with Crippen molar-refractivity contribution in [3.8, 4) is 17.6 Å². The number of hydrogen-bond donors (Lipinski definition) is 2. The fourth-order valence-electron chi connectivity index (χ4n) is 2.78. The van der Waals surface area contributed by atoms with Gasteiger partial charge in [-0.1, -0.05) is 6.08 Å². The SMILES string of the molecule is C=CCc1cc(/C=C(/C#N)c2nc3ccc(F)cc3[nH]2)cc(OCC)c1O. The van der Waals surface area contributed by atoms with Gasteiger partial charge in [-0.25, -0.2) is 9.37 Å². The summed E-state index contributed by atoms with van der Waals surface area (Å²) in [6.45, 7) is 5.91. The van der Waals surface area contributed by atoms with Gasteiger partial charge < -0.3 is 14.8 Å². The minimum absolute atomic E-state index is 0.0617. The molecule has 3 rings (SSSR count). The molecule has 0 aliphatic rings. The third kappa shape index (κ3) is 3.82. The molecule has 136 valence electrons. The van der Waals surface area contributed by atoms with Crippen LogP contribution in [0.2, 0.25) is 0 Å². The number of aromatic amines is 1. The molecule has 27 heavy (non-hydrogen) atoms. The number of phenolic OH excluding ortho intramolecular Hbond substituents is 1. The summed E-state index contributed by atoms with van der Waals surface area (Å²) in [5.74, 6) is 0.363. The summed E-state index contributed by atoms with van der Waals surface area (Å²) >= 11 is 0. The first-order chi connectivity index (χ1) is 13.0. The molecule has 0 fully saturated rings. The molecule has 1 heterocycles. The molecule has 2 N–H and O–H groups in total. The van der Waals surface area contributed by atoms with Crippen molar-refractivity contribution in [2.24, 2.45) is 0 Å². The number of benzene rings is 2. The number of nitriles is 1. The Balaban J connectivity index is 2.08. The summed E-state index contributed by atoms with van der Waals surface area (Å²) in [6.07, 6.45) is 3.78. The number of aromatic hydroxyl groups is 1. The van der Waals surface area contributed by atoms with Gasteiger partial charge in [0.1, 0.15) is 17.7 Å². The molecule has 0 unspecified atom stereocenters. The van der Waals surface area contributed by atoms with E-state index >= 15 is 0 Å². The molecule has 6 heteroatoms.